The van der Waals surface area contributed by atoms with Crippen molar-refractivity contribution in [3.63, 3.8) is 0 Å². The number of ether oxygens (including phenoxy) is 4. The molecule has 1 aliphatic rings. The largest absolute Gasteiger partial charge is 0.377 e. The number of nitrogens with one attached hydrogen (secondary N) is 2. The second-order valence-electron chi connectivity index (χ2n) is 13.7. The minimum absolute atomic E-state index is 0.0890. The van der Waals surface area contributed by atoms with Gasteiger partial charge in [-0.05, 0) is 49.9 Å². The molecule has 54 heavy (non-hydrogen) atoms. The van der Waals surface area contributed by atoms with Crippen molar-refractivity contribution >= 4 is 31.9 Å². The molecule has 0 saturated carbocycles. The molecule has 2 amide bonds. The zero-order chi connectivity index (χ0) is 39.7. The highest BCUT2D eigenvalue weighted by molar-refractivity contribution is 7.89. The van der Waals surface area contributed by atoms with Crippen molar-refractivity contribution in [2.24, 2.45) is 11.8 Å². The Kier molecular flexibility index (Phi) is 19.0. The quantitative estimate of drug-likeness (QED) is 0.326. The minimum atomic E-state index is -3.97. The zero-order valence-corrected chi connectivity index (χ0v) is 34.3. The van der Waals surface area contributed by atoms with Crippen LogP contribution in [0.15, 0.2) is 58.3 Å². The van der Waals surface area contributed by atoms with Gasteiger partial charge in [0.25, 0.3) is 0 Å². The van der Waals surface area contributed by atoms with Crippen molar-refractivity contribution in [1.29, 1.82) is 0 Å². The van der Waals surface area contributed by atoms with Gasteiger partial charge in [-0.25, -0.2) is 16.8 Å². The van der Waals surface area contributed by atoms with E-state index in [0.717, 1.165) is 11.1 Å². The summed E-state index contributed by atoms with van der Waals surface area (Å²) < 4.78 is 81.7. The Balaban J connectivity index is 1.64. The van der Waals surface area contributed by atoms with Gasteiger partial charge in [-0.1, -0.05) is 75.9 Å². The van der Waals surface area contributed by atoms with Crippen LogP contribution < -0.4 is 9.44 Å². The molecule has 1 aliphatic heterocycles. The maximum Gasteiger partial charge on any atom is 0.241 e. The smallest absolute Gasteiger partial charge is 0.241 e. The lowest BCUT2D eigenvalue weighted by molar-refractivity contribution is -0.137. The highest BCUT2D eigenvalue weighted by atomic mass is 32.2. The van der Waals surface area contributed by atoms with E-state index in [2.05, 4.69) is 9.44 Å². The summed E-state index contributed by atoms with van der Waals surface area (Å²) in [6, 6.07) is 11.0. The van der Waals surface area contributed by atoms with Gasteiger partial charge in [-0.2, -0.15) is 9.44 Å². The average molecular weight is 797 g/mol. The maximum absolute atomic E-state index is 13.9. The van der Waals surface area contributed by atoms with E-state index in [0.29, 0.717) is 12.8 Å². The van der Waals surface area contributed by atoms with Gasteiger partial charge < -0.3 is 28.7 Å². The highest BCUT2D eigenvalue weighted by Gasteiger charge is 2.34. The molecule has 1 fully saturated rings. The van der Waals surface area contributed by atoms with E-state index in [1.165, 1.54) is 24.3 Å². The predicted octanol–water partition coefficient (Wildman–Crippen LogP) is 3.13. The molecule has 1 saturated heterocycles. The van der Waals surface area contributed by atoms with Crippen LogP contribution in [0.3, 0.4) is 0 Å². The van der Waals surface area contributed by atoms with Crippen LogP contribution in [-0.4, -0.2) is 130 Å². The molecule has 0 bridgehead atoms. The molecular weight excluding hydrogens is 737 g/mol. The van der Waals surface area contributed by atoms with E-state index >= 15 is 0 Å². The van der Waals surface area contributed by atoms with E-state index < -0.39 is 32.1 Å². The molecule has 16 heteroatoms. The molecule has 2 aromatic rings. The number of hydrogen-bond acceptors (Lipinski definition) is 10. The van der Waals surface area contributed by atoms with Crippen molar-refractivity contribution in [3.8, 4) is 0 Å². The number of hydrogen-bond donors (Lipinski definition) is 2. The number of nitrogens with zero attached hydrogens (tertiary/aromatic N) is 2. The lowest BCUT2D eigenvalue weighted by atomic mass is 9.99. The van der Waals surface area contributed by atoms with E-state index in [-0.39, 0.29) is 112 Å². The van der Waals surface area contributed by atoms with Gasteiger partial charge in [-0.3, -0.25) is 9.59 Å². The van der Waals surface area contributed by atoms with Gasteiger partial charge >= 0.3 is 0 Å². The van der Waals surface area contributed by atoms with Crippen LogP contribution in [0.25, 0.3) is 0 Å². The molecule has 0 radical (unpaired) electrons. The third-order valence-corrected chi connectivity index (χ3v) is 12.5. The molecule has 0 spiro atoms. The average Bonchev–Trinajstić information content (AvgIpc) is 3.15. The molecule has 1 heterocycles. The van der Waals surface area contributed by atoms with E-state index in [9.17, 15) is 26.4 Å². The van der Waals surface area contributed by atoms with Crippen molar-refractivity contribution in [2.75, 3.05) is 79.0 Å². The number of sulfonamides is 2. The van der Waals surface area contributed by atoms with Crippen LogP contribution in [0, 0.1) is 25.7 Å². The number of rotatable bonds is 12. The zero-order valence-electron chi connectivity index (χ0n) is 32.6. The lowest BCUT2D eigenvalue weighted by Gasteiger charge is -2.31. The van der Waals surface area contributed by atoms with Crippen molar-refractivity contribution in [2.45, 2.75) is 76.3 Å². The summed E-state index contributed by atoms with van der Waals surface area (Å²) in [5.74, 6) is -1.30. The van der Waals surface area contributed by atoms with Gasteiger partial charge in [0.15, 0.2) is 0 Å². The van der Waals surface area contributed by atoms with Crippen LogP contribution in [0.2, 0.25) is 0 Å². The molecule has 2 aromatic carbocycles. The Morgan fingerprint density at radius 1 is 0.556 bits per heavy atom. The molecule has 0 unspecified atom stereocenters. The summed E-state index contributed by atoms with van der Waals surface area (Å²) in [6.45, 7) is 13.6. The topological polar surface area (TPSA) is 170 Å². The second kappa shape index (κ2) is 22.6. The monoisotopic (exact) mass is 796 g/mol. The Morgan fingerprint density at radius 2 is 0.833 bits per heavy atom. The van der Waals surface area contributed by atoms with Crippen molar-refractivity contribution < 1.29 is 45.4 Å². The predicted molar refractivity (Wildman–Crippen MR) is 206 cm³/mol. The second-order valence-corrected chi connectivity index (χ2v) is 17.1. The number of carbonyl (C=O) groups is 2. The Labute approximate surface area is 322 Å². The number of benzene rings is 2. The van der Waals surface area contributed by atoms with E-state index in [1.54, 1.807) is 34.1 Å². The van der Waals surface area contributed by atoms with Crippen LogP contribution in [0.5, 0.6) is 0 Å². The summed E-state index contributed by atoms with van der Waals surface area (Å²) in [7, 11) is -7.93. The van der Waals surface area contributed by atoms with Gasteiger partial charge in [0.1, 0.15) is 12.1 Å². The molecular formula is C38H60N4O10S2. The molecule has 14 nitrogen and oxygen atoms in total. The Hall–Kier alpha value is -2.96. The third kappa shape index (κ3) is 14.3. The first kappa shape index (κ1) is 45.4. The van der Waals surface area contributed by atoms with Gasteiger partial charge in [0.05, 0.1) is 62.6 Å². The van der Waals surface area contributed by atoms with Gasteiger partial charge in [0.2, 0.25) is 31.9 Å². The van der Waals surface area contributed by atoms with E-state index in [1.807, 2.05) is 41.5 Å². The minimum Gasteiger partial charge on any atom is -0.377 e. The first-order chi connectivity index (χ1) is 25.7. The fourth-order valence-corrected chi connectivity index (χ4v) is 8.19. The standard InChI is InChI=1S/C38H60N4O10S2/c1-7-31(5)35(39-53(45,46)33-13-9-29(3)10-14-33)37(43)41-17-21-49-25-27-51-23-19-42(20-24-52-28-26-50-22-18-41)38(44)36(32(6)8-2)40-54(47,48)34-15-11-30(4)12-16-34/h9-16,31-32,35-36,39-40H,7-8,17-28H2,1-6H3/t31-,32-,35-,36-/m0/s1. The van der Waals surface area contributed by atoms with Crippen LogP contribution in [0.4, 0.5) is 0 Å². The fraction of sp³-hybridized carbons (Fsp3) is 0.632. The molecule has 4 atom stereocenters. The van der Waals surface area contributed by atoms with Crippen LogP contribution in [0.1, 0.15) is 51.7 Å². The van der Waals surface area contributed by atoms with E-state index in [4.69, 9.17) is 18.9 Å². The van der Waals surface area contributed by atoms with Crippen LogP contribution in [-0.2, 0) is 48.6 Å². The van der Waals surface area contributed by atoms with Crippen molar-refractivity contribution in [3.05, 3.63) is 59.7 Å². The summed E-state index contributed by atoms with van der Waals surface area (Å²) >= 11 is 0. The Morgan fingerprint density at radius 3 is 1.09 bits per heavy atom. The third-order valence-electron chi connectivity index (χ3n) is 9.57. The number of carbonyl (C=O) groups excluding carboxylic acids is 2. The van der Waals surface area contributed by atoms with Gasteiger partial charge in [-0.15, -0.1) is 0 Å². The summed E-state index contributed by atoms with van der Waals surface area (Å²) in [6.07, 6.45) is 1.15. The SMILES string of the molecule is CC[C@H](C)[C@H](NS(=O)(=O)c1ccc(C)cc1)C(=O)N1CCOCCOCCN(C(=O)[C@@H](NS(=O)(=O)c2ccc(C)cc2)[C@@H](C)CC)CCOCCOCC1. The normalized spacial score (nSPS) is 18.9. The Bertz CT molecular complexity index is 1510. The molecule has 3 rings (SSSR count). The molecule has 2 N–H and O–H groups in total. The maximum atomic E-state index is 13.9. The number of aryl methyl sites for hydroxylation is 2. The highest BCUT2D eigenvalue weighted by Crippen LogP contribution is 2.19. The first-order valence-corrected chi connectivity index (χ1v) is 21.7. The first-order valence-electron chi connectivity index (χ1n) is 18.8. The van der Waals surface area contributed by atoms with Gasteiger partial charge in [0, 0.05) is 26.2 Å². The summed E-state index contributed by atoms with van der Waals surface area (Å²) in [5, 5.41) is 0. The van der Waals surface area contributed by atoms with Crippen LogP contribution >= 0.6 is 0 Å². The molecule has 0 aliphatic carbocycles. The summed E-state index contributed by atoms with van der Waals surface area (Å²) in [5.41, 5.74) is 1.85. The van der Waals surface area contributed by atoms with Crippen molar-refractivity contribution in [1.82, 2.24) is 19.2 Å². The number of amides is 2. The molecule has 0 aromatic heterocycles. The molecule has 304 valence electrons. The summed E-state index contributed by atoms with van der Waals surface area (Å²) in [4.78, 5) is 31.1. The lowest BCUT2D eigenvalue weighted by Crippen LogP contribution is -2.53. The fourth-order valence-electron chi connectivity index (χ4n) is 5.60.